The predicted octanol–water partition coefficient (Wildman–Crippen LogP) is 3.43. The summed E-state index contributed by atoms with van der Waals surface area (Å²) in [6.07, 6.45) is 3.12. The maximum Gasteiger partial charge on any atom is 0.414 e. The van der Waals surface area contributed by atoms with Gasteiger partial charge in [0.25, 0.3) is 0 Å². The molecular weight excluding hydrogens is 458 g/mol. The number of fused-ring (bicyclic) bond motifs is 1. The molecule has 3 aliphatic rings. The first-order valence-corrected chi connectivity index (χ1v) is 11.2. The molecule has 3 fully saturated rings. The lowest BCUT2D eigenvalue weighted by atomic mass is 10.1. The van der Waals surface area contributed by atoms with Gasteiger partial charge < -0.3 is 19.9 Å². The van der Waals surface area contributed by atoms with Crippen LogP contribution in [0.4, 0.5) is 25.1 Å². The number of amides is 1. The maximum absolute atomic E-state index is 14.5. The molecule has 0 bridgehead atoms. The number of nitriles is 1. The highest BCUT2D eigenvalue weighted by Gasteiger charge is 2.53. The summed E-state index contributed by atoms with van der Waals surface area (Å²) >= 11 is 0. The number of hydrogen-bond acceptors (Lipinski definition) is 8. The number of piperidine rings is 1. The highest BCUT2D eigenvalue weighted by Crippen LogP contribution is 2.47. The molecule has 180 valence electrons. The van der Waals surface area contributed by atoms with Gasteiger partial charge in [0.05, 0.1) is 36.3 Å². The maximum atomic E-state index is 14.5. The summed E-state index contributed by atoms with van der Waals surface area (Å²) in [5.41, 5.74) is 0.216. The number of benzene rings is 1. The van der Waals surface area contributed by atoms with Gasteiger partial charge in [0.2, 0.25) is 0 Å². The van der Waals surface area contributed by atoms with Crippen LogP contribution in [0.15, 0.2) is 53.5 Å². The fourth-order valence-electron chi connectivity index (χ4n) is 4.47. The van der Waals surface area contributed by atoms with Crippen molar-refractivity contribution in [2.75, 3.05) is 36.4 Å². The minimum absolute atomic E-state index is 0.0894. The Labute approximate surface area is 199 Å². The van der Waals surface area contributed by atoms with Crippen molar-refractivity contribution in [1.82, 2.24) is 15.5 Å². The van der Waals surface area contributed by atoms with Crippen LogP contribution in [-0.4, -0.2) is 48.5 Å². The molecule has 0 spiro atoms. The second kappa shape index (κ2) is 9.68. The van der Waals surface area contributed by atoms with Crippen LogP contribution < -0.4 is 15.5 Å². The first-order chi connectivity index (χ1) is 17.0. The first kappa shape index (κ1) is 22.7. The molecule has 1 saturated carbocycles. The molecule has 11 heteroatoms. The minimum Gasteiger partial charge on any atom is -0.442 e. The van der Waals surface area contributed by atoms with Crippen LogP contribution in [0.5, 0.6) is 0 Å². The van der Waals surface area contributed by atoms with Crippen molar-refractivity contribution >= 4 is 17.6 Å². The number of hydrogen-bond donors (Lipinski definition) is 2. The Kier molecular flexibility index (Phi) is 6.29. The van der Waals surface area contributed by atoms with Gasteiger partial charge in [-0.3, -0.25) is 9.88 Å². The molecule has 2 saturated heterocycles. The third-order valence-electron chi connectivity index (χ3n) is 6.35. The van der Waals surface area contributed by atoms with Crippen molar-refractivity contribution < 1.29 is 22.8 Å². The van der Waals surface area contributed by atoms with Crippen LogP contribution in [-0.2, 0) is 4.74 Å². The summed E-state index contributed by atoms with van der Waals surface area (Å²) in [5.74, 6) is 0.795. The van der Waals surface area contributed by atoms with Crippen LogP contribution >= 0.6 is 0 Å². The average Bonchev–Trinajstić information content (AvgIpc) is 3.33. The Hall–Kier alpha value is -4.04. The van der Waals surface area contributed by atoms with Crippen molar-refractivity contribution in [3.05, 3.63) is 60.6 Å². The van der Waals surface area contributed by atoms with Crippen LogP contribution in [0.3, 0.4) is 0 Å². The molecule has 0 radical (unpaired) electrons. The standard InChI is InChI=1S/C18H14F2N4O3.C6H8N2/c19-14-6-12(7-15(20)17(14)11-2-1-4-21-8-11)24-10-13(27-18(24)25)9-22-16-3-5-26-23-16;7-1-4-5-2-8-3-6(4)5/h1-8,13H,9-10H2,(H,22,23);4-6,8H,2-3H2/t;4?,5-,6+. The lowest BCUT2D eigenvalue weighted by Gasteiger charge is -2.15. The molecule has 2 aromatic heterocycles. The van der Waals surface area contributed by atoms with Crippen molar-refractivity contribution in [1.29, 1.82) is 5.26 Å². The van der Waals surface area contributed by atoms with Gasteiger partial charge in [0.15, 0.2) is 5.82 Å². The Morgan fingerprint density at radius 2 is 2.00 bits per heavy atom. The summed E-state index contributed by atoms with van der Waals surface area (Å²) < 4.78 is 39.0. The Morgan fingerprint density at radius 3 is 2.60 bits per heavy atom. The van der Waals surface area contributed by atoms with Crippen molar-refractivity contribution in [3.63, 3.8) is 0 Å². The SMILES string of the molecule is N#CC1[C@H]2CNC[C@@H]12.O=C1OC(CNc2ccon2)CN1c1cc(F)c(-c2cccnc2)c(F)c1. The zero-order chi connectivity index (χ0) is 24.4. The Balaban J connectivity index is 0.000000265. The zero-order valence-corrected chi connectivity index (χ0v) is 18.5. The monoisotopic (exact) mass is 480 g/mol. The lowest BCUT2D eigenvalue weighted by Crippen LogP contribution is -2.27. The second-order valence-corrected chi connectivity index (χ2v) is 8.55. The number of carbonyl (C=O) groups excluding carboxylic acids is 1. The van der Waals surface area contributed by atoms with Crippen LogP contribution in [0.1, 0.15) is 0 Å². The Bertz CT molecular complexity index is 1200. The van der Waals surface area contributed by atoms with Crippen LogP contribution in [0.25, 0.3) is 11.1 Å². The molecule has 1 amide bonds. The highest BCUT2D eigenvalue weighted by atomic mass is 19.1. The van der Waals surface area contributed by atoms with Gasteiger partial charge in [-0.25, -0.2) is 13.6 Å². The number of nitrogens with one attached hydrogen (secondary N) is 2. The van der Waals surface area contributed by atoms with Gasteiger partial charge in [-0.1, -0.05) is 11.2 Å². The van der Waals surface area contributed by atoms with E-state index in [1.165, 1.54) is 23.6 Å². The van der Waals surface area contributed by atoms with Crippen molar-refractivity contribution in [2.45, 2.75) is 6.10 Å². The third-order valence-corrected chi connectivity index (χ3v) is 6.35. The molecule has 2 aliphatic heterocycles. The number of nitrogens with zero attached hydrogens (tertiary/aromatic N) is 4. The number of pyridine rings is 1. The number of ether oxygens (including phenoxy) is 1. The van der Waals surface area contributed by atoms with E-state index in [4.69, 9.17) is 14.5 Å². The van der Waals surface area contributed by atoms with Gasteiger partial charge >= 0.3 is 6.09 Å². The molecule has 3 aromatic rings. The molecule has 35 heavy (non-hydrogen) atoms. The molecule has 6 rings (SSSR count). The van der Waals surface area contributed by atoms with E-state index in [9.17, 15) is 13.6 Å². The first-order valence-electron chi connectivity index (χ1n) is 11.2. The lowest BCUT2D eigenvalue weighted by molar-refractivity contribution is 0.147. The predicted molar refractivity (Wildman–Crippen MR) is 121 cm³/mol. The van der Waals surface area contributed by atoms with E-state index < -0.39 is 23.8 Å². The molecular formula is C24H22F2N6O3. The number of carbonyl (C=O) groups is 1. The van der Waals surface area contributed by atoms with Gasteiger partial charge in [0.1, 0.15) is 24.0 Å². The minimum atomic E-state index is -0.782. The quantitative estimate of drug-likeness (QED) is 0.571. The van der Waals surface area contributed by atoms with Crippen LogP contribution in [0.2, 0.25) is 0 Å². The fraction of sp³-hybridized carbons (Fsp3) is 0.333. The summed E-state index contributed by atoms with van der Waals surface area (Å²) in [5, 5.41) is 18.3. The van der Waals surface area contributed by atoms with Gasteiger partial charge in [-0.05, 0) is 43.1 Å². The topological polar surface area (TPSA) is 116 Å². The molecule has 2 N–H and O–H groups in total. The van der Waals surface area contributed by atoms with E-state index in [1.807, 2.05) is 0 Å². The summed E-state index contributed by atoms with van der Waals surface area (Å²) in [7, 11) is 0. The Morgan fingerprint density at radius 1 is 1.23 bits per heavy atom. The van der Waals surface area contributed by atoms with Gasteiger partial charge in [-0.2, -0.15) is 5.26 Å². The molecule has 9 nitrogen and oxygen atoms in total. The van der Waals surface area contributed by atoms with E-state index in [-0.39, 0.29) is 24.3 Å². The zero-order valence-electron chi connectivity index (χ0n) is 18.5. The number of aromatic nitrogens is 2. The van der Waals surface area contributed by atoms with E-state index >= 15 is 0 Å². The number of rotatable bonds is 5. The van der Waals surface area contributed by atoms with E-state index in [2.05, 4.69) is 26.8 Å². The van der Waals surface area contributed by atoms with Crippen molar-refractivity contribution in [3.8, 4) is 17.2 Å². The highest BCUT2D eigenvalue weighted by molar-refractivity contribution is 5.90. The molecule has 4 atom stereocenters. The largest absolute Gasteiger partial charge is 0.442 e. The molecule has 4 heterocycles. The number of halogens is 2. The number of cyclic esters (lactones) is 1. The summed E-state index contributed by atoms with van der Waals surface area (Å²) in [4.78, 5) is 17.2. The summed E-state index contributed by atoms with van der Waals surface area (Å²) in [6, 6.07) is 9.29. The number of anilines is 2. The average molecular weight is 480 g/mol. The fourth-order valence-corrected chi connectivity index (χ4v) is 4.47. The molecule has 1 aliphatic carbocycles. The van der Waals surface area contributed by atoms with E-state index in [0.29, 0.717) is 17.3 Å². The molecule has 2 unspecified atom stereocenters. The summed E-state index contributed by atoms with van der Waals surface area (Å²) in [6.45, 7) is 2.61. The van der Waals surface area contributed by atoms with Gasteiger partial charge in [0, 0.05) is 24.0 Å². The second-order valence-electron chi connectivity index (χ2n) is 8.55. The smallest absolute Gasteiger partial charge is 0.414 e. The third kappa shape index (κ3) is 4.79. The molecule has 1 aromatic carbocycles. The van der Waals surface area contributed by atoms with Crippen molar-refractivity contribution in [2.24, 2.45) is 17.8 Å². The van der Waals surface area contributed by atoms with E-state index in [0.717, 1.165) is 37.1 Å². The van der Waals surface area contributed by atoms with E-state index in [1.54, 1.807) is 18.2 Å². The van der Waals surface area contributed by atoms with Crippen LogP contribution in [0, 0.1) is 40.7 Å². The van der Waals surface area contributed by atoms with Gasteiger partial charge in [-0.15, -0.1) is 0 Å². The normalized spacial score (nSPS) is 24.1.